The van der Waals surface area contributed by atoms with Gasteiger partial charge in [-0.15, -0.1) is 11.3 Å². The van der Waals surface area contributed by atoms with E-state index in [9.17, 15) is 0 Å². The molecule has 17 heavy (non-hydrogen) atoms. The van der Waals surface area contributed by atoms with Crippen LogP contribution in [0.5, 0.6) is 0 Å². The highest BCUT2D eigenvalue weighted by Crippen LogP contribution is 2.13. The van der Waals surface area contributed by atoms with Gasteiger partial charge in [-0.3, -0.25) is 4.90 Å². The van der Waals surface area contributed by atoms with Crippen molar-refractivity contribution < 1.29 is 0 Å². The van der Waals surface area contributed by atoms with Gasteiger partial charge in [0, 0.05) is 30.6 Å². The van der Waals surface area contributed by atoms with Gasteiger partial charge in [0.1, 0.15) is 0 Å². The molecule has 1 fully saturated rings. The molecule has 1 N–H and O–H groups in total. The summed E-state index contributed by atoms with van der Waals surface area (Å²) in [5.74, 6) is 0. The Kier molecular flexibility index (Phi) is 4.95. The monoisotopic (exact) mass is 253 g/mol. The molecule has 2 rings (SSSR count). The zero-order chi connectivity index (χ0) is 12.1. The molecule has 0 aromatic carbocycles. The van der Waals surface area contributed by atoms with E-state index in [1.54, 1.807) is 11.3 Å². The lowest BCUT2D eigenvalue weighted by atomic mass is 10.0. The van der Waals surface area contributed by atoms with Gasteiger partial charge in [-0.25, -0.2) is 4.98 Å². The standard InChI is InChI=1S/C13H23N3S/c1-11(2)16(8-13-9-17-10-15-13)7-12-5-3-4-6-14-12/h9-12,14H,3-8H2,1-2H3. The molecule has 0 bridgehead atoms. The summed E-state index contributed by atoms with van der Waals surface area (Å²) < 4.78 is 0. The van der Waals surface area contributed by atoms with E-state index in [1.165, 1.54) is 31.5 Å². The first kappa shape index (κ1) is 13.0. The van der Waals surface area contributed by atoms with Crippen molar-refractivity contribution in [2.45, 2.75) is 51.7 Å². The fraction of sp³-hybridized carbons (Fsp3) is 0.769. The van der Waals surface area contributed by atoms with Crippen LogP contribution < -0.4 is 5.32 Å². The number of hydrogen-bond acceptors (Lipinski definition) is 4. The number of nitrogens with zero attached hydrogens (tertiary/aromatic N) is 2. The van der Waals surface area contributed by atoms with Crippen molar-refractivity contribution in [2.75, 3.05) is 13.1 Å². The van der Waals surface area contributed by atoms with Gasteiger partial charge in [0.15, 0.2) is 0 Å². The molecule has 1 aliphatic rings. The van der Waals surface area contributed by atoms with E-state index < -0.39 is 0 Å². The Bertz CT molecular complexity index is 304. The number of piperidine rings is 1. The summed E-state index contributed by atoms with van der Waals surface area (Å²) in [5.41, 5.74) is 3.13. The molecule has 1 aliphatic heterocycles. The third-order valence-electron chi connectivity index (χ3n) is 3.45. The molecule has 2 heterocycles. The quantitative estimate of drug-likeness (QED) is 0.874. The predicted octanol–water partition coefficient (Wildman–Crippen LogP) is 2.50. The van der Waals surface area contributed by atoms with E-state index in [2.05, 4.69) is 34.4 Å². The van der Waals surface area contributed by atoms with Crippen molar-refractivity contribution in [3.05, 3.63) is 16.6 Å². The fourth-order valence-electron chi connectivity index (χ4n) is 2.34. The van der Waals surface area contributed by atoms with Gasteiger partial charge in [-0.1, -0.05) is 6.42 Å². The highest BCUT2D eigenvalue weighted by atomic mass is 32.1. The van der Waals surface area contributed by atoms with Crippen molar-refractivity contribution >= 4 is 11.3 Å². The lowest BCUT2D eigenvalue weighted by Gasteiger charge is -2.32. The molecule has 1 atom stereocenters. The van der Waals surface area contributed by atoms with Gasteiger partial charge < -0.3 is 5.32 Å². The van der Waals surface area contributed by atoms with E-state index >= 15 is 0 Å². The van der Waals surface area contributed by atoms with Gasteiger partial charge in [0.25, 0.3) is 0 Å². The average Bonchev–Trinajstić information content (AvgIpc) is 2.82. The highest BCUT2D eigenvalue weighted by molar-refractivity contribution is 7.07. The van der Waals surface area contributed by atoms with Gasteiger partial charge in [0.05, 0.1) is 11.2 Å². The minimum absolute atomic E-state index is 0.584. The van der Waals surface area contributed by atoms with Crippen LogP contribution in [0.1, 0.15) is 38.8 Å². The lowest BCUT2D eigenvalue weighted by molar-refractivity contribution is 0.175. The summed E-state index contributed by atoms with van der Waals surface area (Å²) in [5, 5.41) is 5.78. The largest absolute Gasteiger partial charge is 0.313 e. The molecule has 4 heteroatoms. The molecule has 0 amide bonds. The number of nitrogens with one attached hydrogen (secondary N) is 1. The van der Waals surface area contributed by atoms with Gasteiger partial charge in [-0.05, 0) is 33.2 Å². The number of thiazole rings is 1. The first-order valence-electron chi connectivity index (χ1n) is 6.60. The normalized spacial score (nSPS) is 21.3. The van der Waals surface area contributed by atoms with Crippen LogP contribution in [0.25, 0.3) is 0 Å². The van der Waals surface area contributed by atoms with Crippen molar-refractivity contribution in [3.8, 4) is 0 Å². The Hall–Kier alpha value is -0.450. The van der Waals surface area contributed by atoms with E-state index in [4.69, 9.17) is 0 Å². The summed E-state index contributed by atoms with van der Waals surface area (Å²) in [4.78, 5) is 6.91. The molecule has 96 valence electrons. The summed E-state index contributed by atoms with van der Waals surface area (Å²) in [6, 6.07) is 1.25. The summed E-state index contributed by atoms with van der Waals surface area (Å²) >= 11 is 1.69. The van der Waals surface area contributed by atoms with E-state index in [-0.39, 0.29) is 0 Å². The van der Waals surface area contributed by atoms with Gasteiger partial charge >= 0.3 is 0 Å². The second-order valence-corrected chi connectivity index (χ2v) is 5.87. The van der Waals surface area contributed by atoms with Crippen LogP contribution in [0.15, 0.2) is 10.9 Å². The first-order valence-corrected chi connectivity index (χ1v) is 7.54. The SMILES string of the molecule is CC(C)N(Cc1cscn1)CC1CCCCN1. The topological polar surface area (TPSA) is 28.2 Å². The molecule has 0 radical (unpaired) electrons. The Morgan fingerprint density at radius 1 is 1.53 bits per heavy atom. The zero-order valence-corrected chi connectivity index (χ0v) is 11.7. The summed E-state index contributed by atoms with van der Waals surface area (Å²) in [6.45, 7) is 7.87. The number of hydrogen-bond donors (Lipinski definition) is 1. The molecular weight excluding hydrogens is 230 g/mol. The molecule has 1 saturated heterocycles. The van der Waals surface area contributed by atoms with Crippen molar-refractivity contribution in [1.82, 2.24) is 15.2 Å². The maximum Gasteiger partial charge on any atom is 0.0795 e. The Morgan fingerprint density at radius 3 is 3.00 bits per heavy atom. The van der Waals surface area contributed by atoms with Crippen LogP contribution in [0.2, 0.25) is 0 Å². The Balaban J connectivity index is 1.87. The zero-order valence-electron chi connectivity index (χ0n) is 10.9. The maximum atomic E-state index is 4.39. The maximum absolute atomic E-state index is 4.39. The molecule has 0 spiro atoms. The van der Waals surface area contributed by atoms with Crippen molar-refractivity contribution in [2.24, 2.45) is 0 Å². The van der Waals surface area contributed by atoms with Crippen LogP contribution in [0.4, 0.5) is 0 Å². The first-order chi connectivity index (χ1) is 8.25. The Morgan fingerprint density at radius 2 is 2.41 bits per heavy atom. The van der Waals surface area contributed by atoms with Crippen LogP contribution in [-0.2, 0) is 6.54 Å². The summed E-state index contributed by atoms with van der Waals surface area (Å²) in [6.07, 6.45) is 4.03. The van der Waals surface area contributed by atoms with Crippen LogP contribution in [0.3, 0.4) is 0 Å². The molecule has 3 nitrogen and oxygen atoms in total. The predicted molar refractivity (Wildman–Crippen MR) is 73.3 cm³/mol. The molecule has 0 saturated carbocycles. The second-order valence-electron chi connectivity index (χ2n) is 5.15. The third kappa shape index (κ3) is 4.05. The second kappa shape index (κ2) is 6.47. The fourth-order valence-corrected chi connectivity index (χ4v) is 2.89. The van der Waals surface area contributed by atoms with Crippen molar-refractivity contribution in [3.63, 3.8) is 0 Å². The van der Waals surface area contributed by atoms with Gasteiger partial charge in [0.2, 0.25) is 0 Å². The minimum Gasteiger partial charge on any atom is -0.313 e. The van der Waals surface area contributed by atoms with Crippen molar-refractivity contribution in [1.29, 1.82) is 0 Å². The summed E-state index contributed by atoms with van der Waals surface area (Å²) in [7, 11) is 0. The molecule has 1 unspecified atom stereocenters. The lowest BCUT2D eigenvalue weighted by Crippen LogP contribution is -2.45. The smallest absolute Gasteiger partial charge is 0.0795 e. The molecular formula is C13H23N3S. The van der Waals surface area contributed by atoms with E-state index in [0.717, 1.165) is 13.1 Å². The van der Waals surface area contributed by atoms with Crippen LogP contribution >= 0.6 is 11.3 Å². The van der Waals surface area contributed by atoms with Gasteiger partial charge in [-0.2, -0.15) is 0 Å². The van der Waals surface area contributed by atoms with Crippen LogP contribution in [0, 0.1) is 0 Å². The van der Waals surface area contributed by atoms with E-state index in [0.29, 0.717) is 12.1 Å². The Labute approximate surface area is 108 Å². The van der Waals surface area contributed by atoms with E-state index in [1.807, 2.05) is 5.51 Å². The van der Waals surface area contributed by atoms with Crippen LogP contribution in [-0.4, -0.2) is 35.1 Å². The number of aromatic nitrogens is 1. The number of rotatable bonds is 5. The molecule has 1 aromatic heterocycles. The third-order valence-corrected chi connectivity index (χ3v) is 4.08. The highest BCUT2D eigenvalue weighted by Gasteiger charge is 2.19. The molecule has 0 aliphatic carbocycles. The average molecular weight is 253 g/mol. The molecule has 1 aromatic rings. The minimum atomic E-state index is 0.584.